The molecule has 1 aromatic carbocycles. The molecule has 0 atom stereocenters. The zero-order chi connectivity index (χ0) is 13.9. The van der Waals surface area contributed by atoms with Gasteiger partial charge in [-0.15, -0.1) is 0 Å². The number of thioether (sulfide) groups is 1. The lowest BCUT2D eigenvalue weighted by Gasteiger charge is -2.07. The van der Waals surface area contributed by atoms with Gasteiger partial charge in [0.25, 0.3) is 0 Å². The number of unbranched alkanes of at least 4 members (excludes halogenated alkanes) is 2. The van der Waals surface area contributed by atoms with Gasteiger partial charge in [-0.1, -0.05) is 35.7 Å². The highest BCUT2D eigenvalue weighted by Gasteiger charge is 2.04. The van der Waals surface area contributed by atoms with E-state index in [1.165, 1.54) is 12.8 Å². The Morgan fingerprint density at radius 2 is 1.79 bits per heavy atom. The molecule has 1 aromatic rings. The minimum Gasteiger partial charge on any atom is -0.330 e. The number of halogens is 2. The Labute approximate surface area is 130 Å². The van der Waals surface area contributed by atoms with E-state index >= 15 is 0 Å². The summed E-state index contributed by atoms with van der Waals surface area (Å²) in [6, 6.07) is 5.65. The molecule has 0 amide bonds. The fourth-order valence-electron chi connectivity index (χ4n) is 1.68. The van der Waals surface area contributed by atoms with Gasteiger partial charge in [-0.25, -0.2) is 0 Å². The van der Waals surface area contributed by atoms with Crippen LogP contribution in [0.1, 0.15) is 24.8 Å². The van der Waals surface area contributed by atoms with Crippen molar-refractivity contribution in [3.8, 4) is 0 Å². The average molecular weight is 321 g/mol. The summed E-state index contributed by atoms with van der Waals surface area (Å²) in [5, 5.41) is 4.95. The van der Waals surface area contributed by atoms with Gasteiger partial charge in [0.2, 0.25) is 0 Å². The van der Waals surface area contributed by atoms with Gasteiger partial charge < -0.3 is 11.1 Å². The van der Waals surface area contributed by atoms with Crippen LogP contribution in [-0.4, -0.2) is 25.4 Å². The van der Waals surface area contributed by atoms with Crippen LogP contribution in [0.3, 0.4) is 0 Å². The van der Waals surface area contributed by atoms with Gasteiger partial charge in [0.1, 0.15) is 0 Å². The predicted molar refractivity (Wildman–Crippen MR) is 88.4 cm³/mol. The molecular weight excluding hydrogens is 299 g/mol. The van der Waals surface area contributed by atoms with Crippen LogP contribution in [0, 0.1) is 0 Å². The van der Waals surface area contributed by atoms with Gasteiger partial charge >= 0.3 is 0 Å². The summed E-state index contributed by atoms with van der Waals surface area (Å²) >= 11 is 14.1. The largest absolute Gasteiger partial charge is 0.330 e. The molecule has 0 bridgehead atoms. The van der Waals surface area contributed by atoms with E-state index in [1.807, 2.05) is 30.0 Å². The van der Waals surface area contributed by atoms with E-state index in [9.17, 15) is 0 Å². The molecule has 0 fully saturated rings. The normalized spacial score (nSPS) is 10.9. The molecule has 3 N–H and O–H groups in total. The minimum atomic E-state index is 0.759. The Morgan fingerprint density at radius 3 is 2.47 bits per heavy atom. The van der Waals surface area contributed by atoms with Gasteiger partial charge in [-0.05, 0) is 43.6 Å². The number of hydrogen-bond donors (Lipinski definition) is 2. The Kier molecular flexibility index (Phi) is 9.74. The van der Waals surface area contributed by atoms with Crippen LogP contribution in [0.25, 0.3) is 0 Å². The van der Waals surface area contributed by atoms with Crippen LogP contribution >= 0.6 is 35.0 Å². The highest BCUT2D eigenvalue weighted by Crippen LogP contribution is 2.27. The number of hydrogen-bond acceptors (Lipinski definition) is 3. The van der Waals surface area contributed by atoms with E-state index in [4.69, 9.17) is 28.9 Å². The molecule has 2 nitrogen and oxygen atoms in total. The van der Waals surface area contributed by atoms with E-state index in [0.717, 1.165) is 53.2 Å². The Bertz CT molecular complexity index is 341. The van der Waals surface area contributed by atoms with Crippen LogP contribution in [-0.2, 0) is 5.75 Å². The fraction of sp³-hybridized carbons (Fsp3) is 0.571. The summed E-state index contributed by atoms with van der Waals surface area (Å²) in [4.78, 5) is 0. The number of nitrogens with two attached hydrogens (primary N) is 1. The summed E-state index contributed by atoms with van der Waals surface area (Å²) in [5.41, 5.74) is 6.48. The topological polar surface area (TPSA) is 38.0 Å². The monoisotopic (exact) mass is 320 g/mol. The SMILES string of the molecule is NCCCCCNCCSCc1c(Cl)cccc1Cl. The first-order valence-corrected chi connectivity index (χ1v) is 8.58. The van der Waals surface area contributed by atoms with Crippen molar-refractivity contribution in [1.82, 2.24) is 5.32 Å². The van der Waals surface area contributed by atoms with Crippen molar-refractivity contribution >= 4 is 35.0 Å². The Hall–Kier alpha value is 0.0700. The Morgan fingerprint density at radius 1 is 1.05 bits per heavy atom. The second kappa shape index (κ2) is 10.8. The lowest BCUT2D eigenvalue weighted by molar-refractivity contribution is 0.623. The van der Waals surface area contributed by atoms with E-state index < -0.39 is 0 Å². The van der Waals surface area contributed by atoms with Crippen molar-refractivity contribution < 1.29 is 0 Å². The molecule has 0 aromatic heterocycles. The molecule has 0 aliphatic heterocycles. The van der Waals surface area contributed by atoms with Crippen molar-refractivity contribution in [2.45, 2.75) is 25.0 Å². The first kappa shape index (κ1) is 17.1. The first-order valence-electron chi connectivity index (χ1n) is 6.67. The average Bonchev–Trinajstić information content (AvgIpc) is 2.40. The maximum Gasteiger partial charge on any atom is 0.0461 e. The number of nitrogens with one attached hydrogen (secondary N) is 1. The summed E-state index contributed by atoms with van der Waals surface area (Å²) in [6.45, 7) is 2.90. The van der Waals surface area contributed by atoms with Crippen molar-refractivity contribution in [3.05, 3.63) is 33.8 Å². The molecule has 0 spiro atoms. The van der Waals surface area contributed by atoms with Crippen molar-refractivity contribution in [1.29, 1.82) is 0 Å². The molecule has 0 radical (unpaired) electrons. The summed E-state index contributed by atoms with van der Waals surface area (Å²) in [5.74, 6) is 1.94. The molecule has 0 heterocycles. The number of benzene rings is 1. The smallest absolute Gasteiger partial charge is 0.0461 e. The first-order chi connectivity index (χ1) is 9.25. The summed E-state index contributed by atoms with van der Waals surface area (Å²) in [6.07, 6.45) is 3.55. The standard InChI is InChI=1S/C14H22Cl2N2S/c15-13-5-4-6-14(16)12(13)11-19-10-9-18-8-3-1-2-7-17/h4-6,18H,1-3,7-11,17H2. The van der Waals surface area contributed by atoms with Gasteiger partial charge in [0, 0.05) is 28.1 Å². The molecule has 0 unspecified atom stereocenters. The maximum atomic E-state index is 6.12. The molecule has 1 rings (SSSR count). The second-order valence-corrected chi connectivity index (χ2v) is 6.27. The molecule has 0 saturated heterocycles. The van der Waals surface area contributed by atoms with Crippen molar-refractivity contribution in [2.75, 3.05) is 25.4 Å². The van der Waals surface area contributed by atoms with Gasteiger partial charge in [0.15, 0.2) is 0 Å². The molecular formula is C14H22Cl2N2S. The van der Waals surface area contributed by atoms with E-state index in [2.05, 4.69) is 5.32 Å². The van der Waals surface area contributed by atoms with Crippen LogP contribution in [0.5, 0.6) is 0 Å². The second-order valence-electron chi connectivity index (χ2n) is 4.35. The van der Waals surface area contributed by atoms with Gasteiger partial charge in [-0.3, -0.25) is 0 Å². The quantitative estimate of drug-likeness (QED) is 0.641. The highest BCUT2D eigenvalue weighted by atomic mass is 35.5. The third-order valence-electron chi connectivity index (χ3n) is 2.79. The van der Waals surface area contributed by atoms with Crippen LogP contribution in [0.2, 0.25) is 10.0 Å². The van der Waals surface area contributed by atoms with Gasteiger partial charge in [0.05, 0.1) is 0 Å². The molecule has 0 aliphatic carbocycles. The molecule has 0 aliphatic rings. The van der Waals surface area contributed by atoms with Crippen LogP contribution < -0.4 is 11.1 Å². The van der Waals surface area contributed by atoms with Gasteiger partial charge in [-0.2, -0.15) is 11.8 Å². The summed E-state index contributed by atoms with van der Waals surface area (Å²) in [7, 11) is 0. The highest BCUT2D eigenvalue weighted by molar-refractivity contribution is 7.98. The predicted octanol–water partition coefficient (Wildman–Crippen LogP) is 3.95. The maximum absolute atomic E-state index is 6.12. The van der Waals surface area contributed by atoms with E-state index in [-0.39, 0.29) is 0 Å². The lowest BCUT2D eigenvalue weighted by atomic mass is 10.2. The zero-order valence-corrected chi connectivity index (χ0v) is 13.5. The number of rotatable bonds is 10. The minimum absolute atomic E-state index is 0.759. The molecule has 5 heteroatoms. The molecule has 0 saturated carbocycles. The lowest BCUT2D eigenvalue weighted by Crippen LogP contribution is -2.18. The van der Waals surface area contributed by atoms with E-state index in [1.54, 1.807) is 0 Å². The fourth-order valence-corrected chi connectivity index (χ4v) is 3.32. The molecule has 108 valence electrons. The third-order valence-corrected chi connectivity index (χ3v) is 4.48. The Balaban J connectivity index is 2.05. The zero-order valence-electron chi connectivity index (χ0n) is 11.1. The van der Waals surface area contributed by atoms with Crippen LogP contribution in [0.15, 0.2) is 18.2 Å². The summed E-state index contributed by atoms with van der Waals surface area (Å²) < 4.78 is 0. The van der Waals surface area contributed by atoms with Crippen LogP contribution in [0.4, 0.5) is 0 Å². The third kappa shape index (κ3) is 7.42. The van der Waals surface area contributed by atoms with E-state index in [0.29, 0.717) is 0 Å². The van der Waals surface area contributed by atoms with Crippen molar-refractivity contribution in [2.24, 2.45) is 5.73 Å². The molecule has 19 heavy (non-hydrogen) atoms. The van der Waals surface area contributed by atoms with Crippen molar-refractivity contribution in [3.63, 3.8) is 0 Å².